The van der Waals surface area contributed by atoms with Crippen molar-refractivity contribution in [3.05, 3.63) is 57.8 Å². The summed E-state index contributed by atoms with van der Waals surface area (Å²) in [6, 6.07) is 11.5. The quantitative estimate of drug-likeness (QED) is 0.848. The van der Waals surface area contributed by atoms with Gasteiger partial charge in [0, 0.05) is 37.5 Å². The van der Waals surface area contributed by atoms with Gasteiger partial charge in [0.1, 0.15) is 0 Å². The maximum Gasteiger partial charge on any atom is 0.251 e. The molecule has 0 saturated heterocycles. The predicted octanol–water partition coefficient (Wildman–Crippen LogP) is 3.09. The highest BCUT2D eigenvalue weighted by Gasteiger charge is 2.10. The van der Waals surface area contributed by atoms with Crippen LogP contribution in [0.5, 0.6) is 0 Å². The van der Waals surface area contributed by atoms with Crippen molar-refractivity contribution in [3.63, 3.8) is 0 Å². The molecule has 5 heteroatoms. The third-order valence-electron chi connectivity index (χ3n) is 3.68. The van der Waals surface area contributed by atoms with Gasteiger partial charge >= 0.3 is 0 Å². The Morgan fingerprint density at radius 3 is 2.52 bits per heavy atom. The Bertz CT molecular complexity index is 636. The molecule has 2 amide bonds. The zero-order chi connectivity index (χ0) is 16.7. The first-order chi connectivity index (χ1) is 11.1. The zero-order valence-electron chi connectivity index (χ0n) is 13.5. The highest BCUT2D eigenvalue weighted by atomic mass is 32.1. The minimum atomic E-state index is -0.102. The number of carbonyl (C=O) groups excluding carboxylic acids is 2. The minimum absolute atomic E-state index is 0.102. The van der Waals surface area contributed by atoms with E-state index < -0.39 is 0 Å². The van der Waals surface area contributed by atoms with Gasteiger partial charge < -0.3 is 10.2 Å². The van der Waals surface area contributed by atoms with E-state index in [-0.39, 0.29) is 11.8 Å². The van der Waals surface area contributed by atoms with Crippen molar-refractivity contribution in [3.8, 4) is 0 Å². The molecule has 0 fully saturated rings. The summed E-state index contributed by atoms with van der Waals surface area (Å²) in [6.45, 7) is 0.561. The highest BCUT2D eigenvalue weighted by Crippen LogP contribution is 2.13. The standard InChI is InChI=1S/C18H22N2O2S/c1-19-18(22)15-10-8-14(9-11-15)13-20(2)17(21)7-3-5-16-6-4-12-23-16/h4,6,8-12H,3,5,7,13H2,1-2H3,(H,19,22). The van der Waals surface area contributed by atoms with Crippen LogP contribution in [0, 0.1) is 0 Å². The summed E-state index contributed by atoms with van der Waals surface area (Å²) >= 11 is 1.73. The van der Waals surface area contributed by atoms with E-state index in [9.17, 15) is 9.59 Å². The monoisotopic (exact) mass is 330 g/mol. The molecule has 1 N–H and O–H groups in total. The summed E-state index contributed by atoms with van der Waals surface area (Å²) in [7, 11) is 3.43. The van der Waals surface area contributed by atoms with Crippen molar-refractivity contribution in [2.24, 2.45) is 0 Å². The molecule has 0 unspecified atom stereocenters. The Morgan fingerprint density at radius 2 is 1.91 bits per heavy atom. The summed E-state index contributed by atoms with van der Waals surface area (Å²) in [5.74, 6) is 0.0477. The number of rotatable bonds is 7. The Hall–Kier alpha value is -2.14. The van der Waals surface area contributed by atoms with E-state index in [0.717, 1.165) is 18.4 Å². The van der Waals surface area contributed by atoms with Crippen molar-refractivity contribution in [1.82, 2.24) is 10.2 Å². The maximum atomic E-state index is 12.2. The summed E-state index contributed by atoms with van der Waals surface area (Å²) in [5.41, 5.74) is 1.65. The van der Waals surface area contributed by atoms with Crippen molar-refractivity contribution in [2.45, 2.75) is 25.8 Å². The van der Waals surface area contributed by atoms with E-state index in [1.165, 1.54) is 4.88 Å². The number of nitrogens with zero attached hydrogens (tertiary/aromatic N) is 1. The van der Waals surface area contributed by atoms with Gasteiger partial charge in [-0.2, -0.15) is 0 Å². The van der Waals surface area contributed by atoms with Crippen molar-refractivity contribution in [2.75, 3.05) is 14.1 Å². The molecule has 2 rings (SSSR count). The number of amides is 2. The lowest BCUT2D eigenvalue weighted by molar-refractivity contribution is -0.130. The number of carbonyl (C=O) groups is 2. The number of nitrogens with one attached hydrogen (secondary N) is 1. The minimum Gasteiger partial charge on any atom is -0.355 e. The molecule has 1 aromatic carbocycles. The third kappa shape index (κ3) is 5.21. The highest BCUT2D eigenvalue weighted by molar-refractivity contribution is 7.09. The molecule has 0 aliphatic heterocycles. The van der Waals surface area contributed by atoms with Gasteiger partial charge in [0.25, 0.3) is 5.91 Å². The molecular weight excluding hydrogens is 308 g/mol. The van der Waals surface area contributed by atoms with Crippen LogP contribution in [0.3, 0.4) is 0 Å². The first-order valence-electron chi connectivity index (χ1n) is 7.67. The molecule has 23 heavy (non-hydrogen) atoms. The summed E-state index contributed by atoms with van der Waals surface area (Å²) in [5, 5.41) is 4.65. The van der Waals surface area contributed by atoms with Gasteiger partial charge in [-0.15, -0.1) is 11.3 Å². The number of aryl methyl sites for hydroxylation is 1. The molecule has 0 saturated carbocycles. The van der Waals surface area contributed by atoms with Crippen LogP contribution in [-0.4, -0.2) is 30.8 Å². The number of hydrogen-bond acceptors (Lipinski definition) is 3. The van der Waals surface area contributed by atoms with E-state index in [1.54, 1.807) is 35.4 Å². The molecule has 0 aliphatic carbocycles. The first-order valence-corrected chi connectivity index (χ1v) is 8.55. The Labute approximate surface area is 141 Å². The summed E-state index contributed by atoms with van der Waals surface area (Å²) < 4.78 is 0. The molecule has 0 bridgehead atoms. The number of benzene rings is 1. The molecular formula is C18H22N2O2S. The Kier molecular flexibility index (Phi) is 6.35. The van der Waals surface area contributed by atoms with Gasteiger partial charge in [-0.1, -0.05) is 18.2 Å². The van der Waals surface area contributed by atoms with Crippen LogP contribution in [0.1, 0.15) is 33.6 Å². The average molecular weight is 330 g/mol. The van der Waals surface area contributed by atoms with Crippen LogP contribution in [0.2, 0.25) is 0 Å². The van der Waals surface area contributed by atoms with Crippen LogP contribution < -0.4 is 5.32 Å². The fraction of sp³-hybridized carbons (Fsp3) is 0.333. The van der Waals surface area contributed by atoms with Crippen molar-refractivity contribution in [1.29, 1.82) is 0 Å². The van der Waals surface area contributed by atoms with Gasteiger partial charge in [-0.05, 0) is 42.0 Å². The van der Waals surface area contributed by atoms with E-state index in [0.29, 0.717) is 18.5 Å². The van der Waals surface area contributed by atoms with Crippen LogP contribution in [0.25, 0.3) is 0 Å². The van der Waals surface area contributed by atoms with Crippen LogP contribution in [0.4, 0.5) is 0 Å². The predicted molar refractivity (Wildman–Crippen MR) is 93.6 cm³/mol. The molecule has 1 aromatic heterocycles. The van der Waals surface area contributed by atoms with E-state index >= 15 is 0 Å². The van der Waals surface area contributed by atoms with Crippen LogP contribution in [0.15, 0.2) is 41.8 Å². The topological polar surface area (TPSA) is 49.4 Å². The van der Waals surface area contributed by atoms with Crippen molar-refractivity contribution >= 4 is 23.2 Å². The van der Waals surface area contributed by atoms with Crippen LogP contribution in [-0.2, 0) is 17.8 Å². The van der Waals surface area contributed by atoms with E-state index in [1.807, 2.05) is 25.2 Å². The van der Waals surface area contributed by atoms with E-state index in [4.69, 9.17) is 0 Å². The Balaban J connectivity index is 1.79. The maximum absolute atomic E-state index is 12.2. The lowest BCUT2D eigenvalue weighted by atomic mass is 10.1. The molecule has 2 aromatic rings. The van der Waals surface area contributed by atoms with Gasteiger partial charge in [-0.25, -0.2) is 0 Å². The second-order valence-corrected chi connectivity index (χ2v) is 6.49. The summed E-state index contributed by atoms with van der Waals surface area (Å²) in [4.78, 5) is 26.7. The smallest absolute Gasteiger partial charge is 0.251 e. The molecule has 1 heterocycles. The van der Waals surface area contributed by atoms with Crippen molar-refractivity contribution < 1.29 is 9.59 Å². The lowest BCUT2D eigenvalue weighted by Crippen LogP contribution is -2.26. The lowest BCUT2D eigenvalue weighted by Gasteiger charge is -2.17. The summed E-state index contributed by atoms with van der Waals surface area (Å²) in [6.07, 6.45) is 2.39. The second kappa shape index (κ2) is 8.48. The second-order valence-electron chi connectivity index (χ2n) is 5.46. The third-order valence-corrected chi connectivity index (χ3v) is 4.62. The fourth-order valence-corrected chi connectivity index (χ4v) is 3.08. The largest absolute Gasteiger partial charge is 0.355 e. The molecule has 0 radical (unpaired) electrons. The average Bonchev–Trinajstić information content (AvgIpc) is 3.08. The SMILES string of the molecule is CNC(=O)c1ccc(CN(C)C(=O)CCCc2cccs2)cc1. The molecule has 0 spiro atoms. The Morgan fingerprint density at radius 1 is 1.17 bits per heavy atom. The molecule has 4 nitrogen and oxygen atoms in total. The fourth-order valence-electron chi connectivity index (χ4n) is 2.33. The number of thiophene rings is 1. The zero-order valence-corrected chi connectivity index (χ0v) is 14.4. The van der Waals surface area contributed by atoms with Gasteiger partial charge in [0.15, 0.2) is 0 Å². The van der Waals surface area contributed by atoms with Gasteiger partial charge in [0.05, 0.1) is 0 Å². The first kappa shape index (κ1) is 17.2. The molecule has 0 atom stereocenters. The normalized spacial score (nSPS) is 10.3. The number of hydrogen-bond donors (Lipinski definition) is 1. The molecule has 122 valence electrons. The van der Waals surface area contributed by atoms with Gasteiger partial charge in [-0.3, -0.25) is 9.59 Å². The van der Waals surface area contributed by atoms with Gasteiger partial charge in [0.2, 0.25) is 5.91 Å². The van der Waals surface area contributed by atoms with E-state index in [2.05, 4.69) is 16.8 Å². The molecule has 0 aliphatic rings. The van der Waals surface area contributed by atoms with Crippen LogP contribution >= 0.6 is 11.3 Å².